The van der Waals surface area contributed by atoms with Crippen molar-refractivity contribution in [2.45, 2.75) is 45.6 Å². The van der Waals surface area contributed by atoms with Crippen LogP contribution in [0.25, 0.3) is 44.3 Å². The predicted molar refractivity (Wildman–Crippen MR) is 186 cm³/mol. The van der Waals surface area contributed by atoms with Crippen molar-refractivity contribution in [1.29, 1.82) is 0 Å². The van der Waals surface area contributed by atoms with Crippen molar-refractivity contribution in [3.8, 4) is 28.3 Å². The van der Waals surface area contributed by atoms with E-state index in [0.717, 1.165) is 35.4 Å². The second-order valence-electron chi connectivity index (χ2n) is 11.6. The van der Waals surface area contributed by atoms with E-state index in [0.29, 0.717) is 17.7 Å². The third kappa shape index (κ3) is 7.30. The number of nitrogens with zero attached hydrogens (tertiary/aromatic N) is 3. The van der Waals surface area contributed by atoms with Crippen LogP contribution in [0, 0.1) is 13.0 Å². The molecule has 0 amide bonds. The van der Waals surface area contributed by atoms with Gasteiger partial charge in [-0.1, -0.05) is 105 Å². The molecular formula is C41H38N3OPt-. The van der Waals surface area contributed by atoms with E-state index in [1.807, 2.05) is 48.5 Å². The van der Waals surface area contributed by atoms with Crippen LogP contribution < -0.4 is 0 Å². The summed E-state index contributed by atoms with van der Waals surface area (Å²) in [4.78, 5) is 8.75. The second-order valence-corrected chi connectivity index (χ2v) is 11.6. The van der Waals surface area contributed by atoms with Gasteiger partial charge in [-0.05, 0) is 60.7 Å². The number of hydrogen-bond acceptors (Lipinski definition) is 3. The van der Waals surface area contributed by atoms with Crippen molar-refractivity contribution < 1.29 is 26.2 Å². The molecule has 46 heavy (non-hydrogen) atoms. The average Bonchev–Trinajstić information content (AvgIpc) is 3.42. The molecule has 0 aliphatic rings. The molecule has 0 spiro atoms. The third-order valence-corrected chi connectivity index (χ3v) is 8.44. The zero-order valence-electron chi connectivity index (χ0n) is 26.4. The number of fused-ring (bicyclic) bond motifs is 3. The molecule has 0 fully saturated rings. The number of hydrogen-bond donors (Lipinski definition) is 1. The first-order valence-electron chi connectivity index (χ1n) is 15.6. The number of aromatic nitrogens is 3. The van der Waals surface area contributed by atoms with Crippen LogP contribution >= 0.6 is 0 Å². The van der Waals surface area contributed by atoms with Gasteiger partial charge in [-0.15, -0.1) is 23.8 Å². The molecule has 2 atom stereocenters. The van der Waals surface area contributed by atoms with Crippen molar-refractivity contribution in [1.82, 2.24) is 14.5 Å². The van der Waals surface area contributed by atoms with Gasteiger partial charge in [-0.25, -0.2) is 0 Å². The molecule has 1 N–H and O–H groups in total. The first-order chi connectivity index (χ1) is 22.0. The van der Waals surface area contributed by atoms with Crippen LogP contribution in [-0.4, -0.2) is 19.6 Å². The molecule has 0 aliphatic carbocycles. The van der Waals surface area contributed by atoms with Crippen LogP contribution in [0.2, 0.25) is 0 Å². The number of phenols is 1. The molecular weight excluding hydrogens is 746 g/mol. The third-order valence-electron chi connectivity index (χ3n) is 8.44. The van der Waals surface area contributed by atoms with E-state index in [9.17, 15) is 5.11 Å². The Labute approximate surface area is 286 Å². The molecule has 7 aromatic rings. The quantitative estimate of drug-likeness (QED) is 0.164. The number of aromatic hydroxyl groups is 1. The van der Waals surface area contributed by atoms with E-state index >= 15 is 0 Å². The van der Waals surface area contributed by atoms with Gasteiger partial charge in [-0.3, -0.25) is 9.97 Å². The van der Waals surface area contributed by atoms with Crippen molar-refractivity contribution >= 4 is 21.8 Å². The summed E-state index contributed by atoms with van der Waals surface area (Å²) in [5, 5.41) is 12.2. The molecule has 0 bridgehead atoms. The first-order valence-corrected chi connectivity index (χ1v) is 15.6. The van der Waals surface area contributed by atoms with E-state index in [1.54, 1.807) is 24.5 Å². The van der Waals surface area contributed by atoms with Crippen LogP contribution in [0.4, 0.5) is 0 Å². The van der Waals surface area contributed by atoms with E-state index in [4.69, 9.17) is 0 Å². The topological polar surface area (TPSA) is 50.9 Å². The smallest absolute Gasteiger partial charge is 0.115 e. The molecule has 5 heteroatoms. The maximum absolute atomic E-state index is 9.55. The first kappa shape index (κ1) is 32.8. The number of phenolic OH excluding ortho intramolecular Hbond substituents is 1. The van der Waals surface area contributed by atoms with Gasteiger partial charge in [0, 0.05) is 72.7 Å². The normalized spacial score (nSPS) is 12.2. The Kier molecular flexibility index (Phi) is 10.8. The van der Waals surface area contributed by atoms with E-state index < -0.39 is 0 Å². The molecule has 2 unspecified atom stereocenters. The van der Waals surface area contributed by atoms with Gasteiger partial charge in [0.15, 0.2) is 0 Å². The van der Waals surface area contributed by atoms with Crippen molar-refractivity contribution in [2.24, 2.45) is 0 Å². The number of pyridine rings is 2. The Morgan fingerprint density at radius 3 is 1.67 bits per heavy atom. The Morgan fingerprint density at radius 1 is 0.696 bits per heavy atom. The van der Waals surface area contributed by atoms with Crippen LogP contribution in [-0.2, 0) is 21.1 Å². The second kappa shape index (κ2) is 15.2. The molecule has 0 saturated heterocycles. The molecule has 3 aromatic heterocycles. The SMILES string of the molecule is CCC(CC(C)c1ccc(O)cc1)n1c2ccccc2c2ccccc21.Cc1cc(-c2ccccn2)[c-]c(-c2ccccn2)c1.[Pt]. The Morgan fingerprint density at radius 2 is 1.20 bits per heavy atom. The standard InChI is InChI=1S/C24H25NO.C17H13N2.Pt/c1-3-19(16-17(2)18-12-14-20(26)15-13-18)25-23-10-6-4-8-21(23)22-9-5-7-11-24(22)25;1-13-10-14(16-6-2-4-8-18-16)12-15(11-13)17-7-3-5-9-19-17;/h4-15,17,19,26H,3,16H2,1-2H3;2-11H,1H3;/q;-1;. The Hall–Kier alpha value is -4.53. The van der Waals surface area contributed by atoms with Gasteiger partial charge in [0.05, 0.1) is 0 Å². The summed E-state index contributed by atoms with van der Waals surface area (Å²) in [6.45, 7) is 6.63. The fourth-order valence-electron chi connectivity index (χ4n) is 6.18. The number of rotatable bonds is 7. The summed E-state index contributed by atoms with van der Waals surface area (Å²) in [6.07, 6.45) is 5.76. The summed E-state index contributed by atoms with van der Waals surface area (Å²) in [7, 11) is 0. The number of benzene rings is 4. The largest absolute Gasteiger partial charge is 0.508 e. The molecule has 0 aliphatic heterocycles. The van der Waals surface area contributed by atoms with Crippen molar-refractivity contribution in [3.63, 3.8) is 0 Å². The molecule has 4 nitrogen and oxygen atoms in total. The van der Waals surface area contributed by atoms with Gasteiger partial charge >= 0.3 is 0 Å². The van der Waals surface area contributed by atoms with Crippen molar-refractivity contribution in [2.75, 3.05) is 0 Å². The summed E-state index contributed by atoms with van der Waals surface area (Å²) in [5.74, 6) is 0.760. The van der Waals surface area contributed by atoms with E-state index in [1.165, 1.54) is 32.9 Å². The zero-order valence-corrected chi connectivity index (χ0v) is 28.6. The molecule has 234 valence electrons. The minimum Gasteiger partial charge on any atom is -0.508 e. The fraction of sp³-hybridized carbons (Fsp3) is 0.171. The monoisotopic (exact) mass is 783 g/mol. The number of para-hydroxylation sites is 2. The van der Waals surface area contributed by atoms with Gasteiger partial charge in [0.1, 0.15) is 5.75 Å². The van der Waals surface area contributed by atoms with Crippen LogP contribution in [0.1, 0.15) is 49.8 Å². The summed E-state index contributed by atoms with van der Waals surface area (Å²) in [6, 6.07) is 44.9. The van der Waals surface area contributed by atoms with Crippen molar-refractivity contribution in [3.05, 3.63) is 151 Å². The van der Waals surface area contributed by atoms with Gasteiger partial charge in [-0.2, -0.15) is 0 Å². The van der Waals surface area contributed by atoms with E-state index in [2.05, 4.69) is 102 Å². The number of aryl methyl sites for hydroxylation is 1. The molecule has 0 radical (unpaired) electrons. The van der Waals surface area contributed by atoms with Gasteiger partial charge in [0.2, 0.25) is 0 Å². The predicted octanol–water partition coefficient (Wildman–Crippen LogP) is 10.6. The summed E-state index contributed by atoms with van der Waals surface area (Å²) >= 11 is 0. The summed E-state index contributed by atoms with van der Waals surface area (Å²) in [5.41, 5.74) is 8.97. The zero-order chi connectivity index (χ0) is 31.2. The molecule has 3 heterocycles. The average molecular weight is 784 g/mol. The minimum absolute atomic E-state index is 0. The Balaban J connectivity index is 0.000000186. The van der Waals surface area contributed by atoms with E-state index in [-0.39, 0.29) is 21.1 Å². The van der Waals surface area contributed by atoms with Crippen LogP contribution in [0.15, 0.2) is 134 Å². The van der Waals surface area contributed by atoms with Crippen LogP contribution in [0.3, 0.4) is 0 Å². The molecule has 0 saturated carbocycles. The maximum atomic E-state index is 9.55. The Bertz CT molecular complexity index is 1890. The fourth-order valence-corrected chi connectivity index (χ4v) is 6.18. The minimum atomic E-state index is 0. The molecule has 7 rings (SSSR count). The summed E-state index contributed by atoms with van der Waals surface area (Å²) < 4.78 is 2.53. The van der Waals surface area contributed by atoms with Crippen LogP contribution in [0.5, 0.6) is 5.75 Å². The molecule has 4 aromatic carbocycles. The van der Waals surface area contributed by atoms with Gasteiger partial charge in [0.25, 0.3) is 0 Å². The maximum Gasteiger partial charge on any atom is 0.115 e. The van der Waals surface area contributed by atoms with Gasteiger partial charge < -0.3 is 9.67 Å².